The first-order chi connectivity index (χ1) is 12.0. The van der Waals surface area contributed by atoms with Gasteiger partial charge < -0.3 is 14.8 Å². The maximum absolute atomic E-state index is 12.3. The first kappa shape index (κ1) is 16.7. The van der Waals surface area contributed by atoms with Crippen LogP contribution in [0.25, 0.3) is 0 Å². The van der Waals surface area contributed by atoms with Crippen LogP contribution in [0.4, 0.5) is 5.69 Å². The Morgan fingerprint density at radius 1 is 1.12 bits per heavy atom. The Kier molecular flexibility index (Phi) is 4.52. The quantitative estimate of drug-likeness (QED) is 0.669. The predicted octanol–water partition coefficient (Wildman–Crippen LogP) is 2.79. The summed E-state index contributed by atoms with van der Waals surface area (Å²) in [7, 11) is 1.50. The Bertz CT molecular complexity index is 859. The summed E-state index contributed by atoms with van der Waals surface area (Å²) < 4.78 is 10.1. The molecule has 1 aliphatic rings. The summed E-state index contributed by atoms with van der Waals surface area (Å²) in [5.74, 6) is -0.791. The Labute approximate surface area is 144 Å². The number of carbonyl (C=O) groups excluding carboxylic acids is 3. The molecule has 1 atom stereocenters. The molecule has 25 heavy (non-hydrogen) atoms. The van der Waals surface area contributed by atoms with Crippen LogP contribution in [-0.2, 0) is 9.53 Å². The monoisotopic (exact) mass is 339 g/mol. The van der Waals surface area contributed by atoms with Gasteiger partial charge in [-0.2, -0.15) is 0 Å². The molecule has 2 aromatic carbocycles. The topological polar surface area (TPSA) is 81.7 Å². The molecular formula is C19H17NO5. The molecule has 2 aromatic rings. The molecule has 0 saturated carbocycles. The molecule has 6 heteroatoms. The lowest BCUT2D eigenvalue weighted by atomic mass is 9.99. The van der Waals surface area contributed by atoms with Crippen LogP contribution in [0.3, 0.4) is 0 Å². The van der Waals surface area contributed by atoms with Gasteiger partial charge in [0.05, 0.1) is 18.6 Å². The van der Waals surface area contributed by atoms with E-state index in [0.717, 1.165) is 5.56 Å². The first-order valence-electron chi connectivity index (χ1n) is 7.79. The number of Topliss-reactive ketones (excluding diaryl/α,β-unsaturated/α-hetero) is 1. The highest BCUT2D eigenvalue weighted by Crippen LogP contribution is 2.32. The third-order valence-corrected chi connectivity index (χ3v) is 4.13. The molecule has 0 saturated heterocycles. The summed E-state index contributed by atoms with van der Waals surface area (Å²) in [6.45, 7) is 1.41. The van der Waals surface area contributed by atoms with Crippen LogP contribution < -0.4 is 10.1 Å². The minimum absolute atomic E-state index is 0.0935. The number of ether oxygens (including phenoxy) is 2. The van der Waals surface area contributed by atoms with Crippen LogP contribution in [0, 0.1) is 0 Å². The molecule has 0 spiro atoms. The Hall–Kier alpha value is -3.15. The van der Waals surface area contributed by atoms with Gasteiger partial charge in [0.1, 0.15) is 5.75 Å². The van der Waals surface area contributed by atoms with E-state index in [9.17, 15) is 14.4 Å². The predicted molar refractivity (Wildman–Crippen MR) is 91.1 cm³/mol. The van der Waals surface area contributed by atoms with Gasteiger partial charge in [0.25, 0.3) is 0 Å². The largest absolute Gasteiger partial charge is 0.497 e. The van der Waals surface area contributed by atoms with Crippen LogP contribution in [0.15, 0.2) is 42.5 Å². The zero-order chi connectivity index (χ0) is 18.0. The zero-order valence-electron chi connectivity index (χ0n) is 13.9. The molecule has 6 nitrogen and oxygen atoms in total. The standard InChI is InChI=1S/C19H17NO5/c1-11-15-9-12(6-7-16(15)20-18(11)22)17(21)10-25-19(23)13-4-3-5-14(8-13)24-2/h3-9,11H,10H2,1-2H3,(H,20,22)/t11-/m0/s1. The zero-order valence-corrected chi connectivity index (χ0v) is 13.9. The van der Waals surface area contributed by atoms with Gasteiger partial charge >= 0.3 is 5.97 Å². The highest BCUT2D eigenvalue weighted by Gasteiger charge is 2.27. The molecule has 1 aliphatic heterocycles. The molecule has 0 aromatic heterocycles. The second-order valence-electron chi connectivity index (χ2n) is 5.74. The second-order valence-corrected chi connectivity index (χ2v) is 5.74. The smallest absolute Gasteiger partial charge is 0.338 e. The third-order valence-electron chi connectivity index (χ3n) is 4.13. The molecule has 128 valence electrons. The first-order valence-corrected chi connectivity index (χ1v) is 7.79. The van der Waals surface area contributed by atoms with Crippen molar-refractivity contribution in [1.29, 1.82) is 0 Å². The number of anilines is 1. The minimum Gasteiger partial charge on any atom is -0.497 e. The van der Waals surface area contributed by atoms with Crippen molar-refractivity contribution in [3.8, 4) is 5.75 Å². The summed E-state index contributed by atoms with van der Waals surface area (Å²) >= 11 is 0. The number of rotatable bonds is 5. The number of hydrogen-bond donors (Lipinski definition) is 1. The Morgan fingerprint density at radius 2 is 1.92 bits per heavy atom. The van der Waals surface area contributed by atoms with E-state index in [1.54, 1.807) is 49.4 Å². The van der Waals surface area contributed by atoms with Crippen LogP contribution in [0.1, 0.15) is 39.1 Å². The SMILES string of the molecule is COc1cccc(C(=O)OCC(=O)c2ccc3c(c2)[C@H](C)C(=O)N3)c1. The number of ketones is 1. The lowest BCUT2D eigenvalue weighted by Crippen LogP contribution is -2.14. The van der Waals surface area contributed by atoms with Gasteiger partial charge in [-0.3, -0.25) is 9.59 Å². The molecule has 1 heterocycles. The van der Waals surface area contributed by atoms with Gasteiger partial charge in [0.15, 0.2) is 12.4 Å². The molecule has 0 unspecified atom stereocenters. The number of amides is 1. The van der Waals surface area contributed by atoms with Gasteiger partial charge in [0, 0.05) is 11.3 Å². The number of methoxy groups -OCH3 is 1. The number of esters is 1. The van der Waals surface area contributed by atoms with Crippen molar-refractivity contribution in [1.82, 2.24) is 0 Å². The minimum atomic E-state index is -0.598. The Morgan fingerprint density at radius 3 is 2.68 bits per heavy atom. The summed E-state index contributed by atoms with van der Waals surface area (Å²) in [5, 5.41) is 2.75. The number of benzene rings is 2. The second kappa shape index (κ2) is 6.76. The molecule has 0 fully saturated rings. The van der Waals surface area contributed by atoms with Gasteiger partial charge in [-0.25, -0.2) is 4.79 Å². The Balaban J connectivity index is 1.67. The van der Waals surface area contributed by atoms with Crippen LogP contribution in [0.5, 0.6) is 5.75 Å². The van der Waals surface area contributed by atoms with Gasteiger partial charge in [0.2, 0.25) is 5.91 Å². The van der Waals surface area contributed by atoms with Crippen LogP contribution in [-0.4, -0.2) is 31.4 Å². The lowest BCUT2D eigenvalue weighted by molar-refractivity contribution is -0.116. The average molecular weight is 339 g/mol. The fourth-order valence-corrected chi connectivity index (χ4v) is 2.64. The third kappa shape index (κ3) is 3.38. The molecule has 0 bridgehead atoms. The number of carbonyl (C=O) groups is 3. The summed E-state index contributed by atoms with van der Waals surface area (Å²) in [6, 6.07) is 11.5. The fraction of sp³-hybridized carbons (Fsp3) is 0.211. The van der Waals surface area contributed by atoms with Crippen molar-refractivity contribution < 1.29 is 23.9 Å². The molecule has 3 rings (SSSR count). The average Bonchev–Trinajstić information content (AvgIpc) is 2.93. The number of nitrogens with one attached hydrogen (secondary N) is 1. The normalized spacial score (nSPS) is 15.3. The van der Waals surface area contributed by atoms with Gasteiger partial charge in [-0.15, -0.1) is 0 Å². The highest BCUT2D eigenvalue weighted by molar-refractivity contribution is 6.05. The maximum atomic E-state index is 12.3. The van der Waals surface area contributed by atoms with E-state index in [4.69, 9.17) is 9.47 Å². The van der Waals surface area contributed by atoms with Crippen LogP contribution >= 0.6 is 0 Å². The van der Waals surface area contributed by atoms with E-state index in [0.29, 0.717) is 22.6 Å². The lowest BCUT2D eigenvalue weighted by Gasteiger charge is -2.07. The van der Waals surface area contributed by atoms with Crippen LogP contribution in [0.2, 0.25) is 0 Å². The van der Waals surface area contributed by atoms with E-state index < -0.39 is 5.97 Å². The molecule has 1 amide bonds. The molecule has 0 aliphatic carbocycles. The van der Waals surface area contributed by atoms with Crippen molar-refractivity contribution in [3.63, 3.8) is 0 Å². The van der Waals surface area contributed by atoms with Gasteiger partial charge in [-0.1, -0.05) is 6.07 Å². The summed E-state index contributed by atoms with van der Waals surface area (Å²) in [5.41, 5.74) is 2.20. The van der Waals surface area contributed by atoms with E-state index >= 15 is 0 Å². The number of fused-ring (bicyclic) bond motifs is 1. The highest BCUT2D eigenvalue weighted by atomic mass is 16.5. The van der Waals surface area contributed by atoms with E-state index in [2.05, 4.69) is 5.32 Å². The van der Waals surface area contributed by atoms with Gasteiger partial charge in [-0.05, 0) is 48.9 Å². The summed E-state index contributed by atoms with van der Waals surface area (Å²) in [6.07, 6.45) is 0. The van der Waals surface area contributed by atoms with Crippen molar-refractivity contribution in [2.24, 2.45) is 0 Å². The van der Waals surface area contributed by atoms with Crippen molar-refractivity contribution in [2.75, 3.05) is 19.0 Å². The molecule has 0 radical (unpaired) electrons. The van der Waals surface area contributed by atoms with E-state index in [1.807, 2.05) is 0 Å². The van der Waals surface area contributed by atoms with E-state index in [1.165, 1.54) is 7.11 Å². The van der Waals surface area contributed by atoms with Crippen molar-refractivity contribution in [3.05, 3.63) is 59.2 Å². The van der Waals surface area contributed by atoms with E-state index in [-0.39, 0.29) is 24.2 Å². The molecule has 1 N–H and O–H groups in total. The van der Waals surface area contributed by atoms with Crippen molar-refractivity contribution in [2.45, 2.75) is 12.8 Å². The summed E-state index contributed by atoms with van der Waals surface area (Å²) in [4.78, 5) is 36.0. The number of hydrogen-bond acceptors (Lipinski definition) is 5. The van der Waals surface area contributed by atoms with Crippen molar-refractivity contribution >= 4 is 23.3 Å². The molecular weight excluding hydrogens is 322 g/mol. The fourth-order valence-electron chi connectivity index (χ4n) is 2.64. The maximum Gasteiger partial charge on any atom is 0.338 e.